The minimum Gasteiger partial charge on any atom is -0.340 e. The van der Waals surface area contributed by atoms with E-state index < -0.39 is 0 Å². The predicted molar refractivity (Wildman–Crippen MR) is 128 cm³/mol. The predicted octanol–water partition coefficient (Wildman–Crippen LogP) is 6.88. The summed E-state index contributed by atoms with van der Waals surface area (Å²) < 4.78 is 0. The van der Waals surface area contributed by atoms with Crippen molar-refractivity contribution in [2.24, 2.45) is 5.10 Å². The van der Waals surface area contributed by atoms with Crippen molar-refractivity contribution in [3.8, 4) is 11.3 Å². The third-order valence-electron chi connectivity index (χ3n) is 4.91. The summed E-state index contributed by atoms with van der Waals surface area (Å²) in [5.74, 6) is 0. The van der Waals surface area contributed by atoms with Crippen LogP contribution in [0.4, 0.5) is 16.5 Å². The molecule has 1 N–H and O–H groups in total. The van der Waals surface area contributed by atoms with Crippen molar-refractivity contribution in [3.63, 3.8) is 0 Å². The number of aromatic nitrogens is 1. The minimum atomic E-state index is 0.781. The van der Waals surface area contributed by atoms with Crippen LogP contribution in [-0.2, 0) is 0 Å². The molecule has 5 rings (SSSR count). The van der Waals surface area contributed by atoms with Crippen LogP contribution in [0.2, 0.25) is 0 Å². The number of hydrogen-bond acceptors (Lipinski definition) is 6. The van der Waals surface area contributed by atoms with Crippen molar-refractivity contribution < 1.29 is 0 Å². The number of nitrogens with zero attached hydrogens (tertiary/aromatic N) is 3. The molecule has 2 heterocycles. The zero-order valence-electron chi connectivity index (χ0n) is 16.4. The van der Waals surface area contributed by atoms with Gasteiger partial charge in [-0.25, -0.2) is 4.98 Å². The van der Waals surface area contributed by atoms with Gasteiger partial charge in [0.1, 0.15) is 0 Å². The van der Waals surface area contributed by atoms with Gasteiger partial charge in [-0.3, -0.25) is 5.43 Å². The van der Waals surface area contributed by atoms with Gasteiger partial charge in [0, 0.05) is 27.3 Å². The highest BCUT2D eigenvalue weighted by Crippen LogP contribution is 2.47. The van der Waals surface area contributed by atoms with E-state index in [-0.39, 0.29) is 0 Å². The van der Waals surface area contributed by atoms with Crippen LogP contribution in [0.1, 0.15) is 12.5 Å². The molecule has 4 aromatic rings. The molecule has 1 aliphatic rings. The number of rotatable bonds is 5. The molecule has 0 bridgehead atoms. The fourth-order valence-corrected chi connectivity index (χ4v) is 5.31. The van der Waals surface area contributed by atoms with Crippen LogP contribution < -0.4 is 10.3 Å². The minimum absolute atomic E-state index is 0.781. The van der Waals surface area contributed by atoms with Gasteiger partial charge in [-0.05, 0) is 36.8 Å². The summed E-state index contributed by atoms with van der Waals surface area (Å²) in [4.78, 5) is 9.51. The van der Waals surface area contributed by atoms with Gasteiger partial charge in [-0.1, -0.05) is 60.3 Å². The highest BCUT2D eigenvalue weighted by Gasteiger charge is 2.21. The first-order valence-electron chi connectivity index (χ1n) is 9.80. The summed E-state index contributed by atoms with van der Waals surface area (Å²) in [5.41, 5.74) is 8.71. The molecule has 0 atom stereocenters. The largest absolute Gasteiger partial charge is 0.340 e. The van der Waals surface area contributed by atoms with Crippen molar-refractivity contribution in [3.05, 3.63) is 83.7 Å². The number of benzene rings is 3. The molecule has 0 spiro atoms. The molecule has 30 heavy (non-hydrogen) atoms. The second-order valence-corrected chi connectivity index (χ2v) is 8.76. The molecule has 148 valence electrons. The van der Waals surface area contributed by atoms with Crippen LogP contribution >= 0.6 is 23.1 Å². The van der Waals surface area contributed by atoms with Crippen LogP contribution in [0.25, 0.3) is 11.3 Å². The molecule has 0 fully saturated rings. The van der Waals surface area contributed by atoms with Crippen molar-refractivity contribution >= 4 is 45.8 Å². The normalized spacial score (nSPS) is 12.6. The number of nitrogens with one attached hydrogen (secondary N) is 1. The zero-order valence-corrected chi connectivity index (χ0v) is 18.1. The Hall–Kier alpha value is -3.09. The van der Waals surface area contributed by atoms with E-state index >= 15 is 0 Å². The molecule has 0 aliphatic carbocycles. The molecule has 1 aromatic heterocycles. The SMILES string of the molecule is CCN1c2ccccc2Sc2cc(/C=N/Nc3nc(-c4ccccc4)cs3)ccc21. The zero-order chi connectivity index (χ0) is 20.3. The fourth-order valence-electron chi connectivity index (χ4n) is 3.50. The van der Waals surface area contributed by atoms with E-state index in [0.29, 0.717) is 0 Å². The third kappa shape index (κ3) is 3.72. The number of para-hydroxylation sites is 1. The van der Waals surface area contributed by atoms with E-state index in [0.717, 1.165) is 28.5 Å². The van der Waals surface area contributed by atoms with Crippen LogP contribution in [0, 0.1) is 0 Å². The van der Waals surface area contributed by atoms with Gasteiger partial charge in [0.15, 0.2) is 0 Å². The maximum Gasteiger partial charge on any atom is 0.203 e. The lowest BCUT2D eigenvalue weighted by Crippen LogP contribution is -2.19. The lowest BCUT2D eigenvalue weighted by molar-refractivity contribution is 0.979. The van der Waals surface area contributed by atoms with E-state index in [1.807, 2.05) is 41.6 Å². The first-order chi connectivity index (χ1) is 14.8. The van der Waals surface area contributed by atoms with Gasteiger partial charge in [-0.15, -0.1) is 11.3 Å². The van der Waals surface area contributed by atoms with Crippen LogP contribution in [-0.4, -0.2) is 17.7 Å². The third-order valence-corrected chi connectivity index (χ3v) is 6.77. The van der Waals surface area contributed by atoms with Gasteiger partial charge in [0.05, 0.1) is 23.3 Å². The monoisotopic (exact) mass is 428 g/mol. The lowest BCUT2D eigenvalue weighted by atomic mass is 10.1. The Balaban J connectivity index is 1.32. The molecule has 0 radical (unpaired) electrons. The average molecular weight is 429 g/mol. The molecule has 0 amide bonds. The molecular weight excluding hydrogens is 408 g/mol. The van der Waals surface area contributed by atoms with Gasteiger partial charge in [-0.2, -0.15) is 5.10 Å². The highest BCUT2D eigenvalue weighted by molar-refractivity contribution is 7.99. The Labute approximate surface area is 184 Å². The van der Waals surface area contributed by atoms with Crippen molar-refractivity contribution in [2.75, 3.05) is 16.9 Å². The number of fused-ring (bicyclic) bond motifs is 2. The molecule has 0 saturated carbocycles. The standard InChI is InChI=1S/C24H20N4S2/c1-2-28-20-10-6-7-11-22(20)30-23-14-17(12-13-21(23)28)15-25-27-24-26-19(16-29-24)18-8-4-3-5-9-18/h3-16H,2H2,1H3,(H,26,27)/b25-15+. The Morgan fingerprint density at radius 1 is 0.967 bits per heavy atom. The Bertz CT molecular complexity index is 1200. The topological polar surface area (TPSA) is 40.5 Å². The van der Waals surface area contributed by atoms with E-state index in [1.54, 1.807) is 11.3 Å². The molecule has 1 aliphatic heterocycles. The number of hydrogen-bond donors (Lipinski definition) is 1. The summed E-state index contributed by atoms with van der Waals surface area (Å²) in [6.07, 6.45) is 1.85. The van der Waals surface area contributed by atoms with Crippen LogP contribution in [0.5, 0.6) is 0 Å². The highest BCUT2D eigenvalue weighted by atomic mass is 32.2. The Morgan fingerprint density at radius 3 is 2.63 bits per heavy atom. The molecule has 6 heteroatoms. The smallest absolute Gasteiger partial charge is 0.203 e. The van der Waals surface area contributed by atoms with Crippen LogP contribution in [0.15, 0.2) is 93.1 Å². The number of anilines is 3. The molecule has 0 saturated heterocycles. The van der Waals surface area contributed by atoms with E-state index in [9.17, 15) is 0 Å². The van der Waals surface area contributed by atoms with Crippen molar-refractivity contribution in [1.82, 2.24) is 4.98 Å². The lowest BCUT2D eigenvalue weighted by Gasteiger charge is -2.31. The molecule has 3 aromatic carbocycles. The fraction of sp³-hybridized carbons (Fsp3) is 0.0833. The van der Waals surface area contributed by atoms with Crippen molar-refractivity contribution in [2.45, 2.75) is 16.7 Å². The van der Waals surface area contributed by atoms with Crippen LogP contribution in [0.3, 0.4) is 0 Å². The molecule has 0 unspecified atom stereocenters. The van der Waals surface area contributed by atoms with Gasteiger partial charge < -0.3 is 4.90 Å². The van der Waals surface area contributed by atoms with Gasteiger partial charge in [0.2, 0.25) is 5.13 Å². The first-order valence-corrected chi connectivity index (χ1v) is 11.5. The maximum absolute atomic E-state index is 4.61. The quantitative estimate of drug-likeness (QED) is 0.278. The van der Waals surface area contributed by atoms with E-state index in [2.05, 4.69) is 81.9 Å². The average Bonchev–Trinajstić information content (AvgIpc) is 3.27. The van der Waals surface area contributed by atoms with Gasteiger partial charge in [0.25, 0.3) is 0 Å². The summed E-state index contributed by atoms with van der Waals surface area (Å²) in [6.45, 7) is 3.13. The summed E-state index contributed by atoms with van der Waals surface area (Å²) in [7, 11) is 0. The summed E-state index contributed by atoms with van der Waals surface area (Å²) in [6, 6.07) is 25.2. The molecular formula is C24H20N4S2. The molecule has 4 nitrogen and oxygen atoms in total. The number of thiazole rings is 1. The second kappa shape index (κ2) is 8.34. The number of hydrazone groups is 1. The summed E-state index contributed by atoms with van der Waals surface area (Å²) >= 11 is 3.36. The van der Waals surface area contributed by atoms with E-state index in [1.165, 1.54) is 21.2 Å². The second-order valence-electron chi connectivity index (χ2n) is 6.82. The van der Waals surface area contributed by atoms with E-state index in [4.69, 9.17) is 0 Å². The Kier molecular flexibility index (Phi) is 5.26. The Morgan fingerprint density at radius 2 is 1.77 bits per heavy atom. The van der Waals surface area contributed by atoms with Gasteiger partial charge >= 0.3 is 0 Å². The summed E-state index contributed by atoms with van der Waals surface area (Å²) in [5, 5.41) is 7.22. The first kappa shape index (κ1) is 18.9. The maximum atomic E-state index is 4.61. The van der Waals surface area contributed by atoms with Crippen molar-refractivity contribution in [1.29, 1.82) is 0 Å².